The first kappa shape index (κ1) is 16.2. The van der Waals surface area contributed by atoms with Crippen molar-refractivity contribution in [3.8, 4) is 0 Å². The van der Waals surface area contributed by atoms with E-state index in [1.165, 1.54) is 0 Å². The monoisotopic (exact) mass is 317 g/mol. The van der Waals surface area contributed by atoms with Crippen LogP contribution < -0.4 is 5.32 Å². The van der Waals surface area contributed by atoms with Crippen molar-refractivity contribution in [2.45, 2.75) is 19.6 Å². The largest absolute Gasteiger partial charge is 0.325 e. The average Bonchev–Trinajstić information content (AvgIpc) is 2.36. The summed E-state index contributed by atoms with van der Waals surface area (Å²) < 4.78 is 24.2. The lowest BCUT2D eigenvalue weighted by Gasteiger charge is -2.07. The van der Waals surface area contributed by atoms with Gasteiger partial charge in [-0.1, -0.05) is 42.0 Å². The number of rotatable bonds is 5. The van der Waals surface area contributed by atoms with E-state index in [1.807, 2.05) is 44.2 Å². The molecule has 0 aliphatic rings. The summed E-state index contributed by atoms with van der Waals surface area (Å²) in [4.78, 5) is 11.9. The number of carbonyl (C=O) groups excluding carboxylic acids is 1. The van der Waals surface area contributed by atoms with E-state index in [0.717, 1.165) is 11.1 Å². The second kappa shape index (κ2) is 6.75. The molecule has 0 aliphatic carbocycles. The van der Waals surface area contributed by atoms with Gasteiger partial charge >= 0.3 is 0 Å². The molecule has 0 aliphatic heterocycles. The van der Waals surface area contributed by atoms with E-state index in [9.17, 15) is 13.2 Å². The molecule has 4 nitrogen and oxygen atoms in total. The maximum atomic E-state index is 12.1. The maximum Gasteiger partial charge on any atom is 0.239 e. The Balaban J connectivity index is 2.00. The number of anilines is 1. The summed E-state index contributed by atoms with van der Waals surface area (Å²) in [6.07, 6.45) is 0. The zero-order chi connectivity index (χ0) is 16.2. The number of benzene rings is 2. The number of nitrogens with one attached hydrogen (secondary N) is 1. The Kier molecular flexibility index (Phi) is 4.98. The van der Waals surface area contributed by atoms with Crippen LogP contribution in [0.5, 0.6) is 0 Å². The van der Waals surface area contributed by atoms with Crippen molar-refractivity contribution in [2.24, 2.45) is 0 Å². The highest BCUT2D eigenvalue weighted by Crippen LogP contribution is 2.12. The van der Waals surface area contributed by atoms with Gasteiger partial charge < -0.3 is 5.32 Å². The van der Waals surface area contributed by atoms with Crippen molar-refractivity contribution < 1.29 is 13.2 Å². The minimum Gasteiger partial charge on any atom is -0.325 e. The molecule has 2 rings (SSSR count). The van der Waals surface area contributed by atoms with E-state index in [2.05, 4.69) is 5.32 Å². The fraction of sp³-hybridized carbons (Fsp3) is 0.235. The van der Waals surface area contributed by atoms with Crippen LogP contribution in [0.1, 0.15) is 16.7 Å². The van der Waals surface area contributed by atoms with Crippen LogP contribution >= 0.6 is 0 Å². The van der Waals surface area contributed by atoms with Gasteiger partial charge in [0.15, 0.2) is 9.84 Å². The van der Waals surface area contributed by atoms with Crippen LogP contribution in [0, 0.1) is 13.8 Å². The van der Waals surface area contributed by atoms with Crippen LogP contribution in [-0.2, 0) is 20.4 Å². The smallest absolute Gasteiger partial charge is 0.239 e. The number of hydrogen-bond donors (Lipinski definition) is 1. The van der Waals surface area contributed by atoms with Crippen molar-refractivity contribution in [3.05, 3.63) is 65.2 Å². The second-order valence-electron chi connectivity index (χ2n) is 5.44. The highest BCUT2D eigenvalue weighted by molar-refractivity contribution is 7.91. The van der Waals surface area contributed by atoms with Gasteiger partial charge in [0, 0.05) is 5.69 Å². The molecule has 2 aromatic carbocycles. The molecule has 5 heteroatoms. The van der Waals surface area contributed by atoms with Crippen molar-refractivity contribution in [3.63, 3.8) is 0 Å². The molecule has 0 spiro atoms. The lowest BCUT2D eigenvalue weighted by atomic mass is 10.2. The van der Waals surface area contributed by atoms with E-state index >= 15 is 0 Å². The van der Waals surface area contributed by atoms with E-state index in [-0.39, 0.29) is 5.75 Å². The molecule has 0 atom stereocenters. The number of hydrogen-bond acceptors (Lipinski definition) is 3. The van der Waals surface area contributed by atoms with Crippen molar-refractivity contribution in [2.75, 3.05) is 11.1 Å². The van der Waals surface area contributed by atoms with Gasteiger partial charge in [0.1, 0.15) is 5.75 Å². The molecule has 0 radical (unpaired) electrons. The molecule has 0 heterocycles. The Morgan fingerprint density at radius 3 is 2.27 bits per heavy atom. The summed E-state index contributed by atoms with van der Waals surface area (Å²) in [7, 11) is -3.49. The van der Waals surface area contributed by atoms with Gasteiger partial charge in [0.05, 0.1) is 5.75 Å². The zero-order valence-corrected chi connectivity index (χ0v) is 13.5. The minimum absolute atomic E-state index is 0.129. The SMILES string of the molecule is Cc1cccc(CS(=O)(=O)CC(=O)Nc2cccc(C)c2)c1. The van der Waals surface area contributed by atoms with Gasteiger partial charge in [0.25, 0.3) is 0 Å². The van der Waals surface area contributed by atoms with Gasteiger partial charge in [-0.2, -0.15) is 0 Å². The second-order valence-corrected chi connectivity index (χ2v) is 7.50. The van der Waals surface area contributed by atoms with Crippen LogP contribution in [0.2, 0.25) is 0 Å². The lowest BCUT2D eigenvalue weighted by Crippen LogP contribution is -2.24. The molecule has 0 bridgehead atoms. The molecule has 1 amide bonds. The van der Waals surface area contributed by atoms with E-state index < -0.39 is 21.5 Å². The summed E-state index contributed by atoms with van der Waals surface area (Å²) >= 11 is 0. The Bertz CT molecular complexity index is 782. The molecule has 0 saturated carbocycles. The maximum absolute atomic E-state index is 12.1. The first-order chi connectivity index (χ1) is 10.3. The van der Waals surface area contributed by atoms with E-state index in [4.69, 9.17) is 0 Å². The number of carbonyl (C=O) groups is 1. The Morgan fingerprint density at radius 1 is 1.00 bits per heavy atom. The Labute approximate surface area is 131 Å². The van der Waals surface area contributed by atoms with Gasteiger partial charge in [0.2, 0.25) is 5.91 Å². The minimum atomic E-state index is -3.49. The molecule has 2 aromatic rings. The zero-order valence-electron chi connectivity index (χ0n) is 12.7. The van der Waals surface area contributed by atoms with Crippen LogP contribution in [0.3, 0.4) is 0 Å². The standard InChI is InChI=1S/C17H19NO3S/c1-13-5-3-7-15(9-13)11-22(20,21)12-17(19)18-16-8-4-6-14(2)10-16/h3-10H,11-12H2,1-2H3,(H,18,19). The van der Waals surface area contributed by atoms with Crippen LogP contribution in [0.25, 0.3) is 0 Å². The lowest BCUT2D eigenvalue weighted by molar-refractivity contribution is -0.113. The highest BCUT2D eigenvalue weighted by Gasteiger charge is 2.17. The van der Waals surface area contributed by atoms with Gasteiger partial charge in [-0.05, 0) is 37.1 Å². The predicted octanol–water partition coefficient (Wildman–Crippen LogP) is 2.86. The summed E-state index contributed by atoms with van der Waals surface area (Å²) in [5.74, 6) is -1.16. The third kappa shape index (κ3) is 5.00. The molecule has 0 saturated heterocycles. The Hall–Kier alpha value is -2.14. The number of amides is 1. The summed E-state index contributed by atoms with van der Waals surface area (Å²) in [6, 6.07) is 14.5. The van der Waals surface area contributed by atoms with Crippen LogP contribution in [0.4, 0.5) is 5.69 Å². The number of sulfone groups is 1. The molecule has 0 unspecified atom stereocenters. The molecule has 0 aromatic heterocycles. The molecule has 22 heavy (non-hydrogen) atoms. The van der Waals surface area contributed by atoms with Gasteiger partial charge in [-0.3, -0.25) is 4.79 Å². The normalized spacial score (nSPS) is 11.2. The highest BCUT2D eigenvalue weighted by atomic mass is 32.2. The fourth-order valence-corrected chi connectivity index (χ4v) is 3.49. The van der Waals surface area contributed by atoms with Gasteiger partial charge in [-0.15, -0.1) is 0 Å². The molecule has 1 N–H and O–H groups in total. The third-order valence-corrected chi connectivity index (χ3v) is 4.60. The Morgan fingerprint density at radius 2 is 1.64 bits per heavy atom. The van der Waals surface area contributed by atoms with E-state index in [0.29, 0.717) is 11.3 Å². The van der Waals surface area contributed by atoms with Crippen molar-refractivity contribution in [1.82, 2.24) is 0 Å². The van der Waals surface area contributed by atoms with Crippen LogP contribution in [-0.4, -0.2) is 20.1 Å². The average molecular weight is 317 g/mol. The first-order valence-electron chi connectivity index (χ1n) is 6.96. The van der Waals surface area contributed by atoms with Gasteiger partial charge in [-0.25, -0.2) is 8.42 Å². The first-order valence-corrected chi connectivity index (χ1v) is 8.79. The summed E-state index contributed by atoms with van der Waals surface area (Å²) in [6.45, 7) is 3.81. The molecule has 116 valence electrons. The topological polar surface area (TPSA) is 63.2 Å². The quantitative estimate of drug-likeness (QED) is 0.922. The molecular weight excluding hydrogens is 298 g/mol. The van der Waals surface area contributed by atoms with Crippen molar-refractivity contribution in [1.29, 1.82) is 0 Å². The molecule has 0 fully saturated rings. The third-order valence-electron chi connectivity index (χ3n) is 3.12. The number of aryl methyl sites for hydroxylation is 2. The van der Waals surface area contributed by atoms with Crippen LogP contribution in [0.15, 0.2) is 48.5 Å². The predicted molar refractivity (Wildman–Crippen MR) is 88.5 cm³/mol. The van der Waals surface area contributed by atoms with E-state index in [1.54, 1.807) is 18.2 Å². The van der Waals surface area contributed by atoms with Crippen molar-refractivity contribution >= 4 is 21.4 Å². The summed E-state index contributed by atoms with van der Waals surface area (Å²) in [5.41, 5.74) is 3.30. The fourth-order valence-electron chi connectivity index (χ4n) is 2.23. The molecular formula is C17H19NO3S. The summed E-state index contributed by atoms with van der Waals surface area (Å²) in [5, 5.41) is 2.62.